The maximum absolute atomic E-state index is 15.2. The van der Waals surface area contributed by atoms with E-state index in [4.69, 9.17) is 10.5 Å². The molecular formula is C29H27F2N5O4. The van der Waals surface area contributed by atoms with Gasteiger partial charge in [0.2, 0.25) is 17.7 Å². The lowest BCUT2D eigenvalue weighted by Gasteiger charge is -2.29. The summed E-state index contributed by atoms with van der Waals surface area (Å²) in [6.07, 6.45) is 7.86. The molecular weight excluding hydrogens is 520 g/mol. The maximum Gasteiger partial charge on any atom is 0.247 e. The van der Waals surface area contributed by atoms with Crippen LogP contribution in [-0.2, 0) is 9.59 Å². The summed E-state index contributed by atoms with van der Waals surface area (Å²) >= 11 is 0. The van der Waals surface area contributed by atoms with E-state index in [2.05, 4.69) is 15.4 Å². The summed E-state index contributed by atoms with van der Waals surface area (Å²) in [5.74, 6) is -4.67. The first-order valence-electron chi connectivity index (χ1n) is 12.7. The molecule has 2 heterocycles. The number of nitrogens with two attached hydrogens (primary N) is 1. The number of hydrogen-bond donors (Lipinski definition) is 3. The molecule has 4 aromatic rings. The van der Waals surface area contributed by atoms with Gasteiger partial charge in [-0.15, -0.1) is 0 Å². The molecule has 2 aromatic heterocycles. The minimum absolute atomic E-state index is 0.0195. The van der Waals surface area contributed by atoms with Gasteiger partial charge in [-0.25, -0.2) is 13.3 Å². The van der Waals surface area contributed by atoms with Crippen molar-refractivity contribution in [3.05, 3.63) is 89.4 Å². The van der Waals surface area contributed by atoms with Crippen molar-refractivity contribution in [3.63, 3.8) is 0 Å². The highest BCUT2D eigenvalue weighted by Crippen LogP contribution is 2.35. The lowest BCUT2D eigenvalue weighted by molar-refractivity contribution is -0.127. The Labute approximate surface area is 228 Å². The van der Waals surface area contributed by atoms with Gasteiger partial charge in [-0.05, 0) is 80.6 Å². The molecule has 4 N–H and O–H groups in total. The molecule has 0 aliphatic heterocycles. The number of aliphatic hydroxyl groups is 1. The summed E-state index contributed by atoms with van der Waals surface area (Å²) in [5.41, 5.74) is 7.55. The second-order valence-electron chi connectivity index (χ2n) is 10.1. The average Bonchev–Trinajstić information content (AvgIpc) is 3.32. The van der Waals surface area contributed by atoms with Gasteiger partial charge in [-0.3, -0.25) is 9.59 Å². The Hall–Kier alpha value is -4.64. The molecule has 1 aliphatic rings. The largest absolute Gasteiger partial charge is 0.434 e. The van der Waals surface area contributed by atoms with Crippen LogP contribution in [0.5, 0.6) is 11.6 Å². The molecule has 1 unspecified atom stereocenters. The van der Waals surface area contributed by atoms with Crippen LogP contribution >= 0.6 is 0 Å². The zero-order valence-electron chi connectivity index (χ0n) is 21.6. The molecule has 0 radical (unpaired) electrons. The van der Waals surface area contributed by atoms with Crippen LogP contribution in [0, 0.1) is 11.6 Å². The first-order chi connectivity index (χ1) is 19.1. The van der Waals surface area contributed by atoms with Crippen LogP contribution in [0.2, 0.25) is 0 Å². The third-order valence-electron chi connectivity index (χ3n) is 6.93. The van der Waals surface area contributed by atoms with Gasteiger partial charge in [0.25, 0.3) is 0 Å². The first-order valence-corrected chi connectivity index (χ1v) is 12.7. The van der Waals surface area contributed by atoms with Crippen LogP contribution in [0.1, 0.15) is 49.7 Å². The van der Waals surface area contributed by atoms with Crippen LogP contribution in [0.3, 0.4) is 0 Å². The fraction of sp³-hybridized carbons (Fsp3) is 0.241. The molecule has 206 valence electrons. The van der Waals surface area contributed by atoms with Crippen molar-refractivity contribution >= 4 is 29.1 Å². The quantitative estimate of drug-likeness (QED) is 0.287. The highest BCUT2D eigenvalue weighted by molar-refractivity contribution is 6.10. The minimum atomic E-state index is -1.50. The monoisotopic (exact) mass is 547 g/mol. The maximum atomic E-state index is 15.2. The number of carbonyl (C=O) groups excluding carboxylic acids is 2. The zero-order chi connectivity index (χ0) is 28.4. The van der Waals surface area contributed by atoms with Crippen molar-refractivity contribution in [1.29, 1.82) is 0 Å². The van der Waals surface area contributed by atoms with Crippen molar-refractivity contribution < 1.29 is 28.2 Å². The number of primary amides is 1. The third-order valence-corrected chi connectivity index (χ3v) is 6.93. The van der Waals surface area contributed by atoms with E-state index in [-0.39, 0.29) is 22.9 Å². The number of fused-ring (bicyclic) bond motifs is 1. The van der Waals surface area contributed by atoms with Gasteiger partial charge in [0.05, 0.1) is 5.60 Å². The highest BCUT2D eigenvalue weighted by atomic mass is 19.1. The van der Waals surface area contributed by atoms with E-state index in [0.29, 0.717) is 18.4 Å². The molecule has 0 spiro atoms. The standard InChI is InChI=1S/C29H27F2N5O4/c1-29(39)11-8-17(9-12-29)14-19-10-13-36-25(19)28(33-16-34-36)40-23-7-2-18(15-22(23)31)24(26(32)37)27(38)35-21-5-3-20(30)4-6-21/h2-7,10,13-16,24,39H,8-9,11-12H2,1H3,(H2,32,37)(H,35,38). The number of nitrogens with zero attached hydrogens (tertiary/aromatic N) is 3. The number of benzene rings is 2. The summed E-state index contributed by atoms with van der Waals surface area (Å²) in [6, 6.07) is 10.5. The van der Waals surface area contributed by atoms with E-state index in [0.717, 1.165) is 36.6 Å². The van der Waals surface area contributed by atoms with Crippen molar-refractivity contribution in [2.24, 2.45) is 5.73 Å². The smallest absolute Gasteiger partial charge is 0.247 e. The van der Waals surface area contributed by atoms with Crippen molar-refractivity contribution in [2.45, 2.75) is 44.1 Å². The number of halogens is 2. The van der Waals surface area contributed by atoms with Crippen molar-refractivity contribution in [1.82, 2.24) is 14.6 Å². The van der Waals surface area contributed by atoms with Gasteiger partial charge in [-0.2, -0.15) is 10.1 Å². The van der Waals surface area contributed by atoms with E-state index in [1.54, 1.807) is 10.7 Å². The molecule has 1 saturated carbocycles. The number of allylic oxidation sites excluding steroid dienone is 1. The van der Waals surface area contributed by atoms with E-state index < -0.39 is 35.0 Å². The van der Waals surface area contributed by atoms with Gasteiger partial charge in [-0.1, -0.05) is 17.7 Å². The topological polar surface area (TPSA) is 132 Å². The van der Waals surface area contributed by atoms with Gasteiger partial charge in [0, 0.05) is 17.4 Å². The lowest BCUT2D eigenvalue weighted by atomic mass is 9.83. The van der Waals surface area contributed by atoms with E-state index in [1.807, 2.05) is 19.1 Å². The molecule has 9 nitrogen and oxygen atoms in total. The van der Waals surface area contributed by atoms with Gasteiger partial charge in [0.1, 0.15) is 23.6 Å². The predicted octanol–water partition coefficient (Wildman–Crippen LogP) is 4.72. The third kappa shape index (κ3) is 5.84. The van der Waals surface area contributed by atoms with E-state index in [1.165, 1.54) is 36.2 Å². The molecule has 40 heavy (non-hydrogen) atoms. The number of ether oxygens (including phenoxy) is 1. The minimum Gasteiger partial charge on any atom is -0.434 e. The van der Waals surface area contributed by atoms with Crippen LogP contribution in [0.15, 0.2) is 66.6 Å². The van der Waals surface area contributed by atoms with Crippen molar-refractivity contribution in [3.8, 4) is 11.6 Å². The average molecular weight is 548 g/mol. The zero-order valence-corrected chi connectivity index (χ0v) is 21.6. The fourth-order valence-electron chi connectivity index (χ4n) is 4.69. The summed E-state index contributed by atoms with van der Waals surface area (Å²) in [6.45, 7) is 1.83. The lowest BCUT2D eigenvalue weighted by Crippen LogP contribution is -2.32. The van der Waals surface area contributed by atoms with E-state index >= 15 is 4.39 Å². The number of aromatic nitrogens is 3. The number of anilines is 1. The van der Waals surface area contributed by atoms with Crippen LogP contribution < -0.4 is 15.8 Å². The van der Waals surface area contributed by atoms with Crippen molar-refractivity contribution in [2.75, 3.05) is 5.32 Å². The first kappa shape index (κ1) is 26.9. The molecule has 1 fully saturated rings. The Kier molecular flexibility index (Phi) is 7.31. The number of hydrogen-bond acceptors (Lipinski definition) is 6. The molecule has 11 heteroatoms. The number of carbonyl (C=O) groups is 2. The molecule has 0 bridgehead atoms. The van der Waals surface area contributed by atoms with E-state index in [9.17, 15) is 19.1 Å². The summed E-state index contributed by atoms with van der Waals surface area (Å²) in [4.78, 5) is 29.1. The Bertz CT molecular complexity index is 1600. The molecule has 2 amide bonds. The molecule has 5 rings (SSSR count). The predicted molar refractivity (Wildman–Crippen MR) is 143 cm³/mol. The number of amides is 2. The molecule has 0 saturated heterocycles. The fourth-order valence-corrected chi connectivity index (χ4v) is 4.69. The Balaban J connectivity index is 1.39. The normalized spacial score (nSPS) is 17.9. The Morgan fingerprint density at radius 1 is 1.15 bits per heavy atom. The number of rotatable bonds is 7. The van der Waals surface area contributed by atoms with Crippen LogP contribution in [0.4, 0.5) is 14.5 Å². The molecule has 2 aromatic carbocycles. The van der Waals surface area contributed by atoms with Gasteiger partial charge in [0.15, 0.2) is 11.6 Å². The SMILES string of the molecule is CC1(O)CCC(=Cc2ccn3ncnc(Oc4ccc(C(C(N)=O)C(=O)Nc5ccc(F)cc5)cc4F)c23)CC1. The summed E-state index contributed by atoms with van der Waals surface area (Å²) < 4.78 is 35.8. The highest BCUT2D eigenvalue weighted by Gasteiger charge is 2.28. The molecule has 1 atom stereocenters. The molecule has 1 aliphatic carbocycles. The van der Waals surface area contributed by atoms with Gasteiger partial charge < -0.3 is 20.9 Å². The van der Waals surface area contributed by atoms with Crippen LogP contribution in [0.25, 0.3) is 11.6 Å². The summed E-state index contributed by atoms with van der Waals surface area (Å²) in [7, 11) is 0. The Morgan fingerprint density at radius 2 is 1.88 bits per heavy atom. The summed E-state index contributed by atoms with van der Waals surface area (Å²) in [5, 5.41) is 16.9. The second-order valence-corrected chi connectivity index (χ2v) is 10.1. The number of nitrogens with one attached hydrogen (secondary N) is 1. The second kappa shape index (κ2) is 10.9. The van der Waals surface area contributed by atoms with Gasteiger partial charge >= 0.3 is 0 Å². The van der Waals surface area contributed by atoms with Crippen LogP contribution in [-0.4, -0.2) is 37.1 Å². The Morgan fingerprint density at radius 3 is 2.55 bits per heavy atom.